The van der Waals surface area contributed by atoms with Crippen LogP contribution in [0.3, 0.4) is 0 Å². The van der Waals surface area contributed by atoms with Crippen LogP contribution >= 0.6 is 15.9 Å². The molecule has 5 heteroatoms. The van der Waals surface area contributed by atoms with E-state index in [2.05, 4.69) is 20.9 Å². The Balaban J connectivity index is 2.01. The first-order valence-electron chi connectivity index (χ1n) is 7.91. The molecule has 0 bridgehead atoms. The zero-order valence-corrected chi connectivity index (χ0v) is 15.0. The molecule has 0 saturated heterocycles. The highest BCUT2D eigenvalue weighted by atomic mass is 79.9. The third-order valence-corrected chi connectivity index (χ3v) is 5.12. The van der Waals surface area contributed by atoms with Crippen molar-refractivity contribution in [2.45, 2.75) is 52.0 Å². The second kappa shape index (κ2) is 6.03. The van der Waals surface area contributed by atoms with E-state index >= 15 is 0 Å². The van der Waals surface area contributed by atoms with Crippen molar-refractivity contribution in [3.63, 3.8) is 0 Å². The predicted octanol–water partition coefficient (Wildman–Crippen LogP) is 4.12. The van der Waals surface area contributed by atoms with Gasteiger partial charge in [0.15, 0.2) is 0 Å². The summed E-state index contributed by atoms with van der Waals surface area (Å²) in [6.45, 7) is 3.94. The first kappa shape index (κ1) is 15.5. The fraction of sp³-hybridized carbons (Fsp3) is 0.529. The third-order valence-electron chi connectivity index (χ3n) is 4.69. The fourth-order valence-corrected chi connectivity index (χ4v) is 3.99. The number of amides is 1. The number of nitrogens with zero attached hydrogens (tertiary/aromatic N) is 3. The van der Waals surface area contributed by atoms with Crippen LogP contribution in [0, 0.1) is 13.8 Å². The lowest BCUT2D eigenvalue weighted by atomic mass is 9.94. The molecule has 1 saturated carbocycles. The number of hydrogen-bond acceptors (Lipinski definition) is 2. The van der Waals surface area contributed by atoms with E-state index in [9.17, 15) is 4.79 Å². The number of carbonyl (C=O) groups excluding carboxylic acids is 1. The van der Waals surface area contributed by atoms with Crippen LogP contribution in [0.25, 0.3) is 5.65 Å². The summed E-state index contributed by atoms with van der Waals surface area (Å²) in [6.07, 6.45) is 7.89. The highest BCUT2D eigenvalue weighted by Crippen LogP contribution is 2.25. The van der Waals surface area contributed by atoms with Gasteiger partial charge in [0.2, 0.25) is 0 Å². The molecular formula is C17H22BrN3O. The molecule has 3 rings (SSSR count). The molecule has 22 heavy (non-hydrogen) atoms. The number of halogens is 1. The lowest BCUT2D eigenvalue weighted by Gasteiger charge is -2.31. The molecule has 1 aliphatic rings. The Hall–Kier alpha value is -1.36. The van der Waals surface area contributed by atoms with Gasteiger partial charge in [-0.05, 0) is 54.2 Å². The molecule has 4 nitrogen and oxygen atoms in total. The quantitative estimate of drug-likeness (QED) is 0.804. The van der Waals surface area contributed by atoms with Crippen LogP contribution in [0.5, 0.6) is 0 Å². The van der Waals surface area contributed by atoms with Crippen molar-refractivity contribution in [1.29, 1.82) is 0 Å². The van der Waals surface area contributed by atoms with E-state index in [-0.39, 0.29) is 5.91 Å². The largest absolute Gasteiger partial charge is 0.337 e. The van der Waals surface area contributed by atoms with Crippen LogP contribution < -0.4 is 0 Å². The molecule has 0 aliphatic heterocycles. The summed E-state index contributed by atoms with van der Waals surface area (Å²) in [4.78, 5) is 19.5. The third kappa shape index (κ3) is 2.67. The van der Waals surface area contributed by atoms with Crippen molar-refractivity contribution >= 4 is 27.5 Å². The molecule has 0 unspecified atom stereocenters. The maximum Gasteiger partial charge on any atom is 0.272 e. The lowest BCUT2D eigenvalue weighted by molar-refractivity contribution is 0.0688. The van der Waals surface area contributed by atoms with Crippen molar-refractivity contribution in [2.75, 3.05) is 7.05 Å². The number of aryl methyl sites for hydroxylation is 2. The maximum atomic E-state index is 13.0. The average molecular weight is 364 g/mol. The van der Waals surface area contributed by atoms with Gasteiger partial charge in [-0.2, -0.15) is 0 Å². The van der Waals surface area contributed by atoms with E-state index in [0.717, 1.165) is 34.2 Å². The zero-order valence-electron chi connectivity index (χ0n) is 13.4. The molecule has 2 aromatic rings. The Bertz CT molecular complexity index is 716. The molecule has 0 N–H and O–H groups in total. The summed E-state index contributed by atoms with van der Waals surface area (Å²) in [5, 5.41) is 0. The number of carbonyl (C=O) groups is 1. The number of hydrogen-bond donors (Lipinski definition) is 0. The fourth-order valence-electron chi connectivity index (χ4n) is 3.44. The van der Waals surface area contributed by atoms with E-state index in [1.807, 2.05) is 42.5 Å². The van der Waals surface area contributed by atoms with Crippen LogP contribution in [-0.4, -0.2) is 33.3 Å². The minimum Gasteiger partial charge on any atom is -0.337 e. The lowest BCUT2D eigenvalue weighted by Crippen LogP contribution is -2.39. The topological polar surface area (TPSA) is 37.6 Å². The molecule has 1 fully saturated rings. The van der Waals surface area contributed by atoms with Gasteiger partial charge < -0.3 is 4.90 Å². The highest BCUT2D eigenvalue weighted by Gasteiger charge is 2.27. The van der Waals surface area contributed by atoms with Crippen LogP contribution in [0.1, 0.15) is 53.8 Å². The van der Waals surface area contributed by atoms with Gasteiger partial charge in [0.1, 0.15) is 11.3 Å². The highest BCUT2D eigenvalue weighted by molar-refractivity contribution is 9.10. The summed E-state index contributed by atoms with van der Waals surface area (Å²) in [5.74, 6) is 0.0781. The van der Waals surface area contributed by atoms with Crippen molar-refractivity contribution in [2.24, 2.45) is 0 Å². The Morgan fingerprint density at radius 2 is 2.00 bits per heavy atom. The van der Waals surface area contributed by atoms with Gasteiger partial charge in [-0.15, -0.1) is 0 Å². The summed E-state index contributed by atoms with van der Waals surface area (Å²) < 4.78 is 2.89. The number of aromatic nitrogens is 2. The minimum absolute atomic E-state index is 0.0781. The number of imidazole rings is 1. The smallest absolute Gasteiger partial charge is 0.272 e. The summed E-state index contributed by atoms with van der Waals surface area (Å²) in [6, 6.07) is 2.39. The number of rotatable bonds is 2. The first-order chi connectivity index (χ1) is 10.5. The van der Waals surface area contributed by atoms with Gasteiger partial charge in [-0.1, -0.05) is 19.3 Å². The second-order valence-electron chi connectivity index (χ2n) is 6.29. The second-order valence-corrected chi connectivity index (χ2v) is 7.20. The molecule has 0 radical (unpaired) electrons. The van der Waals surface area contributed by atoms with E-state index < -0.39 is 0 Å². The Kier molecular flexibility index (Phi) is 4.26. The maximum absolute atomic E-state index is 13.0. The Morgan fingerprint density at radius 3 is 2.68 bits per heavy atom. The molecule has 1 amide bonds. The van der Waals surface area contributed by atoms with E-state index in [1.54, 1.807) is 0 Å². The molecule has 0 atom stereocenters. The number of fused-ring (bicyclic) bond motifs is 1. The van der Waals surface area contributed by atoms with Crippen molar-refractivity contribution in [3.8, 4) is 0 Å². The monoisotopic (exact) mass is 363 g/mol. The van der Waals surface area contributed by atoms with Crippen LogP contribution in [-0.2, 0) is 0 Å². The van der Waals surface area contributed by atoms with Gasteiger partial charge in [-0.25, -0.2) is 4.98 Å². The molecule has 0 aromatic carbocycles. The van der Waals surface area contributed by atoms with E-state index in [4.69, 9.17) is 0 Å². The van der Waals surface area contributed by atoms with Crippen molar-refractivity contribution in [1.82, 2.24) is 14.3 Å². The van der Waals surface area contributed by atoms with E-state index in [0.29, 0.717) is 11.7 Å². The van der Waals surface area contributed by atoms with Crippen LogP contribution in [0.4, 0.5) is 0 Å². The first-order valence-corrected chi connectivity index (χ1v) is 8.70. The average Bonchev–Trinajstić information content (AvgIpc) is 2.83. The van der Waals surface area contributed by atoms with Gasteiger partial charge in [-0.3, -0.25) is 9.20 Å². The molecule has 2 heterocycles. The van der Waals surface area contributed by atoms with Crippen LogP contribution in [0.15, 0.2) is 16.7 Å². The van der Waals surface area contributed by atoms with E-state index in [1.165, 1.54) is 19.3 Å². The Labute approximate surface area is 139 Å². The van der Waals surface area contributed by atoms with Gasteiger partial charge >= 0.3 is 0 Å². The number of pyridine rings is 1. The molecule has 0 spiro atoms. The van der Waals surface area contributed by atoms with Crippen molar-refractivity contribution in [3.05, 3.63) is 33.7 Å². The van der Waals surface area contributed by atoms with Crippen molar-refractivity contribution < 1.29 is 4.79 Å². The summed E-state index contributed by atoms with van der Waals surface area (Å²) >= 11 is 3.52. The summed E-state index contributed by atoms with van der Waals surface area (Å²) in [5.41, 5.74) is 3.42. The SMILES string of the molecule is Cc1nc2c(C)cc(Br)cn2c1C(=O)N(C)C1CCCCC1. The van der Waals surface area contributed by atoms with Gasteiger partial charge in [0.05, 0.1) is 5.69 Å². The molecular weight excluding hydrogens is 342 g/mol. The molecule has 2 aromatic heterocycles. The van der Waals surface area contributed by atoms with Gasteiger partial charge in [0, 0.05) is 23.8 Å². The summed E-state index contributed by atoms with van der Waals surface area (Å²) in [7, 11) is 1.93. The molecule has 1 aliphatic carbocycles. The normalized spacial score (nSPS) is 16.2. The Morgan fingerprint density at radius 1 is 1.32 bits per heavy atom. The zero-order chi connectivity index (χ0) is 15.9. The minimum atomic E-state index is 0.0781. The van der Waals surface area contributed by atoms with Crippen LogP contribution in [0.2, 0.25) is 0 Å². The van der Waals surface area contributed by atoms with Gasteiger partial charge in [0.25, 0.3) is 5.91 Å². The molecule has 118 valence electrons. The standard InChI is InChI=1S/C17H22BrN3O/c1-11-9-13(18)10-21-15(12(2)19-16(11)21)17(22)20(3)14-7-5-4-6-8-14/h9-10,14H,4-8H2,1-3H3. The predicted molar refractivity (Wildman–Crippen MR) is 91.3 cm³/mol.